The Balaban J connectivity index is 1.74. The van der Waals surface area contributed by atoms with Crippen LogP contribution in [-0.2, 0) is 14.2 Å². The lowest BCUT2D eigenvalue weighted by atomic mass is 10.1. The van der Waals surface area contributed by atoms with Crippen LogP contribution >= 0.6 is 0 Å². The fourth-order valence-corrected chi connectivity index (χ4v) is 3.73. The summed E-state index contributed by atoms with van der Waals surface area (Å²) in [6.07, 6.45) is 2.62. The summed E-state index contributed by atoms with van der Waals surface area (Å²) in [4.78, 5) is 24.6. The van der Waals surface area contributed by atoms with Gasteiger partial charge in [0.1, 0.15) is 0 Å². The fourth-order valence-electron chi connectivity index (χ4n) is 3.73. The molecule has 2 aromatic carbocycles. The quantitative estimate of drug-likeness (QED) is 0.586. The Kier molecular flexibility index (Phi) is 6.18. The summed E-state index contributed by atoms with van der Waals surface area (Å²) in [6, 6.07) is 12.7. The van der Waals surface area contributed by atoms with Crippen LogP contribution in [0.5, 0.6) is 0 Å². The van der Waals surface area contributed by atoms with Crippen LogP contribution in [0.3, 0.4) is 0 Å². The largest absolute Gasteiger partial charge is 0.464 e. The average molecular weight is 423 g/mol. The van der Waals surface area contributed by atoms with Crippen molar-refractivity contribution in [3.63, 3.8) is 0 Å². The van der Waals surface area contributed by atoms with Gasteiger partial charge < -0.3 is 19.5 Å². The molecule has 0 amide bonds. The highest BCUT2D eigenvalue weighted by Crippen LogP contribution is 2.31. The first-order valence-corrected chi connectivity index (χ1v) is 10.4. The molecule has 2 heterocycles. The molecule has 162 valence electrons. The molecule has 1 aliphatic rings. The third kappa shape index (κ3) is 4.25. The van der Waals surface area contributed by atoms with Crippen molar-refractivity contribution in [2.24, 2.45) is 0 Å². The highest BCUT2D eigenvalue weighted by Gasteiger charge is 2.24. The van der Waals surface area contributed by atoms with E-state index in [9.17, 15) is 9.59 Å². The summed E-state index contributed by atoms with van der Waals surface area (Å²) in [5, 5.41) is 8.49. The van der Waals surface area contributed by atoms with Gasteiger partial charge in [0, 0.05) is 17.7 Å². The maximum absolute atomic E-state index is 12.3. The van der Waals surface area contributed by atoms with E-state index in [1.54, 1.807) is 23.7 Å². The molecule has 1 aliphatic heterocycles. The Hall–Kier alpha value is -3.39. The number of rotatable bonds is 6. The Morgan fingerprint density at radius 3 is 2.77 bits per heavy atom. The lowest BCUT2D eigenvalue weighted by Crippen LogP contribution is -2.19. The number of nitrogens with zero attached hydrogens (tertiary/aromatic N) is 2. The number of aromatic nitrogens is 2. The van der Waals surface area contributed by atoms with E-state index in [0.29, 0.717) is 29.9 Å². The molecule has 0 aliphatic carbocycles. The van der Waals surface area contributed by atoms with E-state index >= 15 is 0 Å². The monoisotopic (exact) mass is 423 g/mol. The standard InChI is InChI=1S/C23H25N3O5/c1-3-30-22(27)16-8-4-5-9-18(16)24-15-11-12-17-19(14-15)26(20-10-6-7-13-31-20)25-21(17)23(28)29-2/h4-5,8-9,11-12,14,20,24H,3,6-7,10,13H2,1-2H3. The van der Waals surface area contributed by atoms with Crippen molar-refractivity contribution in [1.29, 1.82) is 0 Å². The van der Waals surface area contributed by atoms with Crippen LogP contribution in [0.1, 0.15) is 53.3 Å². The van der Waals surface area contributed by atoms with Crippen molar-refractivity contribution in [2.45, 2.75) is 32.4 Å². The Bertz CT molecular complexity index is 1100. The summed E-state index contributed by atoms with van der Waals surface area (Å²) in [6.45, 7) is 2.73. The normalized spacial score (nSPS) is 16.1. The predicted octanol–water partition coefficient (Wildman–Crippen LogP) is 4.44. The van der Waals surface area contributed by atoms with Gasteiger partial charge in [-0.05, 0) is 56.5 Å². The van der Waals surface area contributed by atoms with Crippen LogP contribution in [-0.4, -0.2) is 42.0 Å². The Labute approximate surface area is 180 Å². The van der Waals surface area contributed by atoms with E-state index in [-0.39, 0.29) is 17.9 Å². The molecule has 0 spiro atoms. The first-order valence-electron chi connectivity index (χ1n) is 10.4. The van der Waals surface area contributed by atoms with Crippen LogP contribution in [0.25, 0.3) is 10.9 Å². The molecule has 3 aromatic rings. The first kappa shape index (κ1) is 20.9. The molecule has 31 heavy (non-hydrogen) atoms. The van der Waals surface area contributed by atoms with Gasteiger partial charge in [-0.15, -0.1) is 0 Å². The van der Waals surface area contributed by atoms with Crippen molar-refractivity contribution in [3.8, 4) is 0 Å². The van der Waals surface area contributed by atoms with Gasteiger partial charge in [0.15, 0.2) is 11.9 Å². The molecule has 0 saturated carbocycles. The van der Waals surface area contributed by atoms with Gasteiger partial charge in [-0.2, -0.15) is 5.10 Å². The number of methoxy groups -OCH3 is 1. The molecule has 4 rings (SSSR count). The van der Waals surface area contributed by atoms with Crippen molar-refractivity contribution in [2.75, 3.05) is 25.6 Å². The van der Waals surface area contributed by atoms with Gasteiger partial charge >= 0.3 is 11.9 Å². The van der Waals surface area contributed by atoms with Crippen LogP contribution in [0.4, 0.5) is 11.4 Å². The van der Waals surface area contributed by atoms with Crippen molar-refractivity contribution >= 4 is 34.2 Å². The van der Waals surface area contributed by atoms with Crippen LogP contribution in [0.2, 0.25) is 0 Å². The van der Waals surface area contributed by atoms with E-state index in [1.165, 1.54) is 7.11 Å². The summed E-state index contributed by atoms with van der Waals surface area (Å²) in [5.74, 6) is -0.881. The molecular weight excluding hydrogens is 398 g/mol. The molecule has 1 saturated heterocycles. The highest BCUT2D eigenvalue weighted by atomic mass is 16.5. The zero-order valence-corrected chi connectivity index (χ0v) is 17.6. The van der Waals surface area contributed by atoms with Gasteiger partial charge in [0.2, 0.25) is 0 Å². The fraction of sp³-hybridized carbons (Fsp3) is 0.348. The highest BCUT2D eigenvalue weighted by molar-refractivity contribution is 6.03. The number of esters is 2. The Morgan fingerprint density at radius 1 is 1.19 bits per heavy atom. The maximum atomic E-state index is 12.3. The van der Waals surface area contributed by atoms with Crippen molar-refractivity contribution in [1.82, 2.24) is 9.78 Å². The number of anilines is 2. The van der Waals surface area contributed by atoms with Gasteiger partial charge in [0.25, 0.3) is 0 Å². The van der Waals surface area contributed by atoms with Crippen LogP contribution in [0, 0.1) is 0 Å². The second kappa shape index (κ2) is 9.18. The number of hydrogen-bond donors (Lipinski definition) is 1. The molecule has 1 N–H and O–H groups in total. The lowest BCUT2D eigenvalue weighted by Gasteiger charge is -2.23. The van der Waals surface area contributed by atoms with E-state index < -0.39 is 5.97 Å². The third-order valence-corrected chi connectivity index (χ3v) is 5.22. The predicted molar refractivity (Wildman–Crippen MR) is 116 cm³/mol. The minimum absolute atomic E-state index is 0.239. The van der Waals surface area contributed by atoms with Gasteiger partial charge in [-0.1, -0.05) is 12.1 Å². The number of nitrogens with one attached hydrogen (secondary N) is 1. The smallest absolute Gasteiger partial charge is 0.359 e. The molecule has 0 bridgehead atoms. The zero-order valence-electron chi connectivity index (χ0n) is 17.6. The summed E-state index contributed by atoms with van der Waals surface area (Å²) >= 11 is 0. The van der Waals surface area contributed by atoms with Crippen LogP contribution < -0.4 is 5.32 Å². The third-order valence-electron chi connectivity index (χ3n) is 5.22. The topological polar surface area (TPSA) is 91.7 Å². The number of carbonyl (C=O) groups excluding carboxylic acids is 2. The second-order valence-corrected chi connectivity index (χ2v) is 7.23. The number of carbonyl (C=O) groups is 2. The molecule has 1 aromatic heterocycles. The minimum Gasteiger partial charge on any atom is -0.464 e. The number of hydrogen-bond acceptors (Lipinski definition) is 7. The van der Waals surface area contributed by atoms with E-state index in [1.807, 2.05) is 30.3 Å². The summed E-state index contributed by atoms with van der Waals surface area (Å²) in [7, 11) is 1.34. The number of benzene rings is 2. The number of ether oxygens (including phenoxy) is 3. The van der Waals surface area contributed by atoms with Gasteiger partial charge in [-0.3, -0.25) is 0 Å². The van der Waals surface area contributed by atoms with E-state index in [4.69, 9.17) is 14.2 Å². The van der Waals surface area contributed by atoms with E-state index in [0.717, 1.165) is 30.5 Å². The van der Waals surface area contributed by atoms with Crippen molar-refractivity contribution in [3.05, 3.63) is 53.7 Å². The lowest BCUT2D eigenvalue weighted by molar-refractivity contribution is -0.0369. The van der Waals surface area contributed by atoms with E-state index in [2.05, 4.69) is 10.4 Å². The molecule has 1 unspecified atom stereocenters. The first-order chi connectivity index (χ1) is 15.1. The molecular formula is C23H25N3O5. The van der Waals surface area contributed by atoms with Crippen molar-refractivity contribution < 1.29 is 23.8 Å². The number of fused-ring (bicyclic) bond motifs is 1. The summed E-state index contributed by atoms with van der Waals surface area (Å²) < 4.78 is 17.7. The summed E-state index contributed by atoms with van der Waals surface area (Å²) in [5.41, 5.74) is 2.84. The number of para-hydroxylation sites is 1. The zero-order chi connectivity index (χ0) is 21.8. The molecule has 8 heteroatoms. The van der Waals surface area contributed by atoms with Crippen LogP contribution in [0.15, 0.2) is 42.5 Å². The molecule has 1 atom stereocenters. The minimum atomic E-state index is -0.493. The Morgan fingerprint density at radius 2 is 2.03 bits per heavy atom. The SMILES string of the molecule is CCOC(=O)c1ccccc1Nc1ccc2c(C(=O)OC)nn(C3CCCCO3)c2c1. The average Bonchev–Trinajstić information content (AvgIpc) is 3.18. The molecule has 8 nitrogen and oxygen atoms in total. The second-order valence-electron chi connectivity index (χ2n) is 7.23. The van der Waals surface area contributed by atoms with Gasteiger partial charge in [-0.25, -0.2) is 14.3 Å². The van der Waals surface area contributed by atoms with Gasteiger partial charge in [0.05, 0.1) is 30.5 Å². The maximum Gasteiger partial charge on any atom is 0.359 e. The molecule has 1 fully saturated rings. The molecule has 0 radical (unpaired) electrons.